The van der Waals surface area contributed by atoms with Crippen molar-refractivity contribution in [2.75, 3.05) is 26.8 Å². The van der Waals surface area contributed by atoms with E-state index in [-0.39, 0.29) is 5.54 Å². The summed E-state index contributed by atoms with van der Waals surface area (Å²) in [4.78, 5) is 2.36. The van der Waals surface area contributed by atoms with Crippen molar-refractivity contribution in [3.8, 4) is 0 Å². The van der Waals surface area contributed by atoms with Crippen LogP contribution < -0.4 is 0 Å². The van der Waals surface area contributed by atoms with Crippen molar-refractivity contribution >= 4 is 0 Å². The highest BCUT2D eigenvalue weighted by molar-refractivity contribution is 5.18. The van der Waals surface area contributed by atoms with Gasteiger partial charge in [-0.2, -0.15) is 0 Å². The van der Waals surface area contributed by atoms with Crippen LogP contribution in [0.2, 0.25) is 0 Å². The first-order valence-electron chi connectivity index (χ1n) is 5.83. The van der Waals surface area contributed by atoms with Gasteiger partial charge in [0, 0.05) is 19.2 Å². The zero-order valence-electron chi connectivity index (χ0n) is 10.1. The van der Waals surface area contributed by atoms with Gasteiger partial charge in [0.05, 0.1) is 12.9 Å². The van der Waals surface area contributed by atoms with Crippen LogP contribution in [-0.4, -0.2) is 37.2 Å². The van der Waals surface area contributed by atoms with Crippen LogP contribution in [0, 0.1) is 0 Å². The molecule has 3 heteroatoms. The van der Waals surface area contributed by atoms with Gasteiger partial charge >= 0.3 is 0 Å². The molecular weight excluding hydrogens is 193 g/mol. The van der Waals surface area contributed by atoms with Crippen LogP contribution in [0.5, 0.6) is 0 Å². The molecule has 2 fully saturated rings. The number of methoxy groups -OCH3 is 1. The third kappa shape index (κ3) is 2.40. The van der Waals surface area contributed by atoms with Gasteiger partial charge in [0.25, 0.3) is 0 Å². The molecule has 0 aromatic carbocycles. The van der Waals surface area contributed by atoms with Crippen molar-refractivity contribution in [2.24, 2.45) is 0 Å². The van der Waals surface area contributed by atoms with Gasteiger partial charge in [-0.15, -0.1) is 0 Å². The summed E-state index contributed by atoms with van der Waals surface area (Å²) in [6.45, 7) is 6.64. The lowest BCUT2D eigenvalue weighted by atomic mass is 9.94. The van der Waals surface area contributed by atoms with E-state index in [0.29, 0.717) is 0 Å². The lowest BCUT2D eigenvalue weighted by Crippen LogP contribution is -2.42. The van der Waals surface area contributed by atoms with E-state index in [1.54, 1.807) is 7.11 Å². The fourth-order valence-corrected chi connectivity index (χ4v) is 2.72. The Kier molecular flexibility index (Phi) is 4.74. The normalized spacial score (nSPS) is 32.7. The predicted octanol–water partition coefficient (Wildman–Crippen LogP) is 2.75. The van der Waals surface area contributed by atoms with Crippen molar-refractivity contribution in [3.63, 3.8) is 0 Å². The minimum absolute atomic E-state index is 0.132. The molecule has 1 unspecified atom stereocenters. The largest absolute Gasteiger partial charge is 0.383 e. The summed E-state index contributed by atoms with van der Waals surface area (Å²) in [5.41, 5.74) is 1.06. The van der Waals surface area contributed by atoms with Gasteiger partial charge in [0.1, 0.15) is 0 Å². The molecule has 0 spiro atoms. The van der Waals surface area contributed by atoms with Gasteiger partial charge in [-0.3, -0.25) is 4.90 Å². The van der Waals surface area contributed by atoms with Crippen molar-refractivity contribution in [1.82, 2.24) is 4.90 Å². The van der Waals surface area contributed by atoms with E-state index in [1.807, 2.05) is 13.8 Å². The Morgan fingerprint density at radius 2 is 2.27 bits per heavy atom. The highest BCUT2D eigenvalue weighted by Crippen LogP contribution is 2.41. The molecule has 2 aliphatic heterocycles. The van der Waals surface area contributed by atoms with E-state index in [0.717, 1.165) is 44.4 Å². The Morgan fingerprint density at radius 3 is 2.87 bits per heavy atom. The van der Waals surface area contributed by atoms with E-state index in [1.165, 1.54) is 6.42 Å². The third-order valence-electron chi connectivity index (χ3n) is 3.26. The highest BCUT2D eigenvalue weighted by atomic mass is 19.1. The Morgan fingerprint density at radius 1 is 1.53 bits per heavy atom. The first-order valence-corrected chi connectivity index (χ1v) is 5.83. The third-order valence-corrected chi connectivity index (χ3v) is 3.26. The van der Waals surface area contributed by atoms with Gasteiger partial charge < -0.3 is 4.74 Å². The minimum atomic E-state index is 0.132. The molecule has 0 radical (unpaired) electrons. The molecule has 0 aromatic rings. The lowest BCUT2D eigenvalue weighted by Gasteiger charge is -2.30. The van der Waals surface area contributed by atoms with Crippen LogP contribution in [0.4, 0.5) is 4.39 Å². The molecule has 0 aromatic heterocycles. The summed E-state index contributed by atoms with van der Waals surface area (Å²) in [6.07, 6.45) is 4.01. The predicted molar refractivity (Wildman–Crippen MR) is 60.6 cm³/mol. The molecule has 0 bridgehead atoms. The van der Waals surface area contributed by atoms with E-state index >= 15 is 0 Å². The Bertz CT molecular complexity index is 230. The molecule has 15 heavy (non-hydrogen) atoms. The average Bonchev–Trinajstić information content (AvgIpc) is 2.77. The van der Waals surface area contributed by atoms with Crippen LogP contribution >= 0.6 is 0 Å². The quantitative estimate of drug-likeness (QED) is 0.702. The fraction of sp³-hybridized carbons (Fsp3) is 0.833. The van der Waals surface area contributed by atoms with Crippen molar-refractivity contribution < 1.29 is 9.13 Å². The van der Waals surface area contributed by atoms with Crippen LogP contribution in [0.3, 0.4) is 0 Å². The summed E-state index contributed by atoms with van der Waals surface area (Å²) in [7, 11) is 1.72. The molecule has 0 N–H and O–H groups in total. The van der Waals surface area contributed by atoms with Crippen LogP contribution in [0.25, 0.3) is 0 Å². The first kappa shape index (κ1) is 12.7. The molecule has 88 valence electrons. The average molecular weight is 215 g/mol. The second-order valence-corrected chi connectivity index (χ2v) is 4.13. The van der Waals surface area contributed by atoms with Gasteiger partial charge in [-0.1, -0.05) is 13.8 Å². The summed E-state index contributed by atoms with van der Waals surface area (Å²) >= 11 is 0. The Balaban J connectivity index is 0.000000531. The number of nitrogens with zero attached hydrogens (tertiary/aromatic N) is 1. The Labute approximate surface area is 92.1 Å². The van der Waals surface area contributed by atoms with Crippen LogP contribution in [-0.2, 0) is 4.74 Å². The second kappa shape index (κ2) is 5.61. The molecule has 0 aliphatic carbocycles. The SMILES string of the molecule is CC.COCC12CCCN1C/C(=C\F)C2. The maximum Gasteiger partial charge on any atom is 0.0872 e. The lowest BCUT2D eigenvalue weighted by molar-refractivity contribution is 0.0656. The van der Waals surface area contributed by atoms with E-state index < -0.39 is 0 Å². The first-order chi connectivity index (χ1) is 7.30. The zero-order valence-corrected chi connectivity index (χ0v) is 10.1. The highest BCUT2D eigenvalue weighted by Gasteiger charge is 2.46. The van der Waals surface area contributed by atoms with Gasteiger partial charge in [0.15, 0.2) is 0 Å². The number of fused-ring (bicyclic) bond motifs is 1. The van der Waals surface area contributed by atoms with E-state index in [9.17, 15) is 4.39 Å². The molecule has 2 saturated heterocycles. The van der Waals surface area contributed by atoms with Crippen molar-refractivity contribution in [2.45, 2.75) is 38.6 Å². The standard InChI is InChI=1S/C10H16FNO.C2H6/c1-13-8-10-3-2-4-12(10)7-9(5-10)6-11;1-2/h6H,2-5,7-8H2,1H3;1-2H3/b9-6-;. The summed E-state index contributed by atoms with van der Waals surface area (Å²) in [6, 6.07) is 0. The van der Waals surface area contributed by atoms with E-state index in [2.05, 4.69) is 4.90 Å². The molecule has 2 rings (SSSR count). The molecule has 0 amide bonds. The second-order valence-electron chi connectivity index (χ2n) is 4.13. The maximum absolute atomic E-state index is 12.4. The number of rotatable bonds is 2. The van der Waals surface area contributed by atoms with E-state index in [4.69, 9.17) is 4.74 Å². The molecule has 2 aliphatic rings. The zero-order chi connectivity index (χ0) is 11.3. The van der Waals surface area contributed by atoms with Gasteiger partial charge in [0.2, 0.25) is 0 Å². The summed E-state index contributed by atoms with van der Waals surface area (Å²) in [5, 5.41) is 0. The summed E-state index contributed by atoms with van der Waals surface area (Å²) in [5.74, 6) is 0. The topological polar surface area (TPSA) is 12.5 Å². The monoisotopic (exact) mass is 215 g/mol. The van der Waals surface area contributed by atoms with Gasteiger partial charge in [-0.25, -0.2) is 4.39 Å². The molecule has 2 heterocycles. The number of halogens is 1. The Hall–Kier alpha value is -0.410. The molecular formula is C12H22FNO. The van der Waals surface area contributed by atoms with Gasteiger partial charge in [-0.05, 0) is 31.4 Å². The van der Waals surface area contributed by atoms with Crippen LogP contribution in [0.15, 0.2) is 11.9 Å². The number of hydrogen-bond donors (Lipinski definition) is 0. The maximum atomic E-state index is 12.4. The summed E-state index contributed by atoms with van der Waals surface area (Å²) < 4.78 is 17.6. The molecule has 0 saturated carbocycles. The van der Waals surface area contributed by atoms with Crippen molar-refractivity contribution in [3.05, 3.63) is 11.9 Å². The van der Waals surface area contributed by atoms with Crippen molar-refractivity contribution in [1.29, 1.82) is 0 Å². The van der Waals surface area contributed by atoms with Crippen LogP contribution in [0.1, 0.15) is 33.1 Å². The fourth-order valence-electron chi connectivity index (χ4n) is 2.72. The number of hydrogen-bond acceptors (Lipinski definition) is 2. The minimum Gasteiger partial charge on any atom is -0.383 e. The smallest absolute Gasteiger partial charge is 0.0872 e. The molecule has 2 nitrogen and oxygen atoms in total. The number of ether oxygens (including phenoxy) is 1. The molecule has 1 atom stereocenters.